The standard InChI is InChI=1S/C27H20N6O2/c34-27(35)23-13-11-21(12-14-23)17-33-30-26(29-31-33)24-10-4-6-20(16-24)7-5-15-32-18-25(28-19-32)22-8-2-1-3-9-22/h1-4,6,8-14,16,18-19H,15,17H2,(H,34,35). The lowest BCUT2D eigenvalue weighted by molar-refractivity contribution is 0.0697. The predicted molar refractivity (Wildman–Crippen MR) is 130 cm³/mol. The Labute approximate surface area is 201 Å². The number of rotatable bonds is 6. The fourth-order valence-corrected chi connectivity index (χ4v) is 3.52. The van der Waals surface area contributed by atoms with Crippen LogP contribution in [0.2, 0.25) is 0 Å². The number of imidazole rings is 1. The second-order valence-electron chi connectivity index (χ2n) is 7.83. The zero-order valence-electron chi connectivity index (χ0n) is 18.6. The monoisotopic (exact) mass is 460 g/mol. The van der Waals surface area contributed by atoms with Crippen LogP contribution >= 0.6 is 0 Å². The number of tetrazole rings is 1. The summed E-state index contributed by atoms with van der Waals surface area (Å²) in [6.45, 7) is 0.918. The van der Waals surface area contributed by atoms with E-state index >= 15 is 0 Å². The van der Waals surface area contributed by atoms with Crippen LogP contribution in [0.25, 0.3) is 22.6 Å². The van der Waals surface area contributed by atoms with Gasteiger partial charge in [-0.25, -0.2) is 9.78 Å². The van der Waals surface area contributed by atoms with Gasteiger partial charge < -0.3 is 9.67 Å². The Bertz CT molecular complexity index is 1530. The van der Waals surface area contributed by atoms with Crippen molar-refractivity contribution in [2.45, 2.75) is 13.1 Å². The van der Waals surface area contributed by atoms with Crippen LogP contribution in [0.1, 0.15) is 21.5 Å². The minimum Gasteiger partial charge on any atom is -0.478 e. The number of carbonyl (C=O) groups is 1. The zero-order valence-corrected chi connectivity index (χ0v) is 18.6. The van der Waals surface area contributed by atoms with Gasteiger partial charge in [0.2, 0.25) is 5.82 Å². The number of hydrogen-bond donors (Lipinski definition) is 1. The van der Waals surface area contributed by atoms with Gasteiger partial charge in [-0.15, -0.1) is 10.2 Å². The molecule has 2 heterocycles. The van der Waals surface area contributed by atoms with E-state index in [0.29, 0.717) is 18.9 Å². The van der Waals surface area contributed by atoms with Crippen LogP contribution in [-0.2, 0) is 13.1 Å². The van der Waals surface area contributed by atoms with Crippen molar-refractivity contribution >= 4 is 5.97 Å². The van der Waals surface area contributed by atoms with E-state index in [2.05, 4.69) is 32.2 Å². The first-order valence-corrected chi connectivity index (χ1v) is 10.9. The first kappa shape index (κ1) is 21.8. The van der Waals surface area contributed by atoms with Gasteiger partial charge in [0.15, 0.2) is 0 Å². The lowest BCUT2D eigenvalue weighted by atomic mass is 10.1. The van der Waals surface area contributed by atoms with Gasteiger partial charge in [0.25, 0.3) is 0 Å². The highest BCUT2D eigenvalue weighted by Gasteiger charge is 2.08. The van der Waals surface area contributed by atoms with Crippen LogP contribution in [0.5, 0.6) is 0 Å². The van der Waals surface area contributed by atoms with Crippen LogP contribution in [0.4, 0.5) is 0 Å². The van der Waals surface area contributed by atoms with E-state index in [1.165, 1.54) is 4.80 Å². The molecule has 0 aliphatic carbocycles. The molecule has 170 valence electrons. The van der Waals surface area contributed by atoms with Crippen molar-refractivity contribution < 1.29 is 9.90 Å². The van der Waals surface area contributed by atoms with E-state index in [9.17, 15) is 4.79 Å². The minimum absolute atomic E-state index is 0.239. The van der Waals surface area contributed by atoms with Gasteiger partial charge in [-0.3, -0.25) is 0 Å². The summed E-state index contributed by atoms with van der Waals surface area (Å²) in [7, 11) is 0. The summed E-state index contributed by atoms with van der Waals surface area (Å²) in [4.78, 5) is 16.9. The highest BCUT2D eigenvalue weighted by Crippen LogP contribution is 2.17. The quantitative estimate of drug-likeness (QED) is 0.385. The van der Waals surface area contributed by atoms with Crippen molar-refractivity contribution in [2.24, 2.45) is 0 Å². The molecule has 8 nitrogen and oxygen atoms in total. The maximum atomic E-state index is 11.0. The number of aromatic nitrogens is 6. The normalized spacial score (nSPS) is 10.5. The molecule has 35 heavy (non-hydrogen) atoms. The Kier molecular flexibility index (Phi) is 6.13. The summed E-state index contributed by atoms with van der Waals surface area (Å²) in [5.74, 6) is 5.91. The van der Waals surface area contributed by atoms with Crippen LogP contribution in [0, 0.1) is 11.8 Å². The molecule has 0 atom stereocenters. The van der Waals surface area contributed by atoms with Crippen molar-refractivity contribution in [1.82, 2.24) is 29.8 Å². The van der Waals surface area contributed by atoms with E-state index in [1.54, 1.807) is 30.6 Å². The Morgan fingerprint density at radius 1 is 0.943 bits per heavy atom. The first-order valence-electron chi connectivity index (χ1n) is 10.9. The van der Waals surface area contributed by atoms with E-state index < -0.39 is 5.97 Å². The molecule has 0 radical (unpaired) electrons. The zero-order chi connectivity index (χ0) is 24.0. The molecule has 1 N–H and O–H groups in total. The third-order valence-electron chi connectivity index (χ3n) is 5.30. The molecule has 0 unspecified atom stereocenters. The number of hydrogen-bond acceptors (Lipinski definition) is 5. The molecule has 0 bridgehead atoms. The maximum absolute atomic E-state index is 11.0. The van der Waals surface area contributed by atoms with Gasteiger partial charge in [-0.2, -0.15) is 4.80 Å². The van der Waals surface area contributed by atoms with Crippen LogP contribution in [-0.4, -0.2) is 40.8 Å². The topological polar surface area (TPSA) is 98.7 Å². The van der Waals surface area contributed by atoms with E-state index in [-0.39, 0.29) is 5.56 Å². The lowest BCUT2D eigenvalue weighted by Crippen LogP contribution is -2.04. The van der Waals surface area contributed by atoms with Gasteiger partial charge >= 0.3 is 5.97 Å². The lowest BCUT2D eigenvalue weighted by Gasteiger charge is -2.00. The molecular formula is C27H20N6O2. The van der Waals surface area contributed by atoms with E-state index in [1.807, 2.05) is 65.4 Å². The molecule has 0 amide bonds. The summed E-state index contributed by atoms with van der Waals surface area (Å²) >= 11 is 0. The molecule has 2 aromatic heterocycles. The fourth-order valence-electron chi connectivity index (χ4n) is 3.52. The summed E-state index contributed by atoms with van der Waals surface area (Å²) in [5.41, 5.74) is 4.79. The molecule has 5 rings (SSSR count). The summed E-state index contributed by atoms with van der Waals surface area (Å²) < 4.78 is 1.95. The van der Waals surface area contributed by atoms with Gasteiger partial charge in [-0.1, -0.05) is 66.4 Å². The Morgan fingerprint density at radius 2 is 1.74 bits per heavy atom. The molecule has 0 saturated heterocycles. The highest BCUT2D eigenvalue weighted by molar-refractivity contribution is 5.87. The van der Waals surface area contributed by atoms with E-state index in [0.717, 1.165) is 27.9 Å². The number of nitrogens with zero attached hydrogens (tertiary/aromatic N) is 6. The van der Waals surface area contributed by atoms with Crippen LogP contribution in [0.15, 0.2) is 91.4 Å². The van der Waals surface area contributed by atoms with Gasteiger partial charge in [-0.05, 0) is 35.0 Å². The Hall–Kier alpha value is -5.03. The third kappa shape index (κ3) is 5.31. The van der Waals surface area contributed by atoms with Crippen molar-refractivity contribution in [3.05, 3.63) is 108 Å². The third-order valence-corrected chi connectivity index (χ3v) is 5.30. The van der Waals surface area contributed by atoms with Crippen LogP contribution < -0.4 is 0 Å². The van der Waals surface area contributed by atoms with Crippen molar-refractivity contribution in [3.63, 3.8) is 0 Å². The van der Waals surface area contributed by atoms with Gasteiger partial charge in [0.05, 0.1) is 30.7 Å². The summed E-state index contributed by atoms with van der Waals surface area (Å²) in [6.07, 6.45) is 3.77. The molecule has 3 aromatic carbocycles. The predicted octanol–water partition coefficient (Wildman–Crippen LogP) is 4.00. The molecular weight excluding hydrogens is 440 g/mol. The van der Waals surface area contributed by atoms with Crippen molar-refractivity contribution in [3.8, 4) is 34.5 Å². The summed E-state index contributed by atoms with van der Waals surface area (Å²) in [6, 6.07) is 24.3. The molecule has 0 spiro atoms. The SMILES string of the molecule is O=C(O)c1ccc(Cn2nnc(-c3cccc(C#CCn4cnc(-c5ccccc5)c4)c3)n2)cc1. The Morgan fingerprint density at radius 3 is 2.54 bits per heavy atom. The highest BCUT2D eigenvalue weighted by atomic mass is 16.4. The smallest absolute Gasteiger partial charge is 0.335 e. The van der Waals surface area contributed by atoms with Gasteiger partial charge in [0, 0.05) is 22.9 Å². The molecule has 0 saturated carbocycles. The molecule has 8 heteroatoms. The second kappa shape index (κ2) is 9.85. The number of aromatic carboxylic acids is 1. The molecule has 5 aromatic rings. The van der Waals surface area contributed by atoms with E-state index in [4.69, 9.17) is 5.11 Å². The van der Waals surface area contributed by atoms with Crippen LogP contribution in [0.3, 0.4) is 0 Å². The number of carboxylic acids is 1. The summed E-state index contributed by atoms with van der Waals surface area (Å²) in [5, 5.41) is 21.7. The number of carboxylic acid groups (broad SMARTS) is 1. The fraction of sp³-hybridized carbons (Fsp3) is 0.0741. The second-order valence-corrected chi connectivity index (χ2v) is 7.83. The van der Waals surface area contributed by atoms with Gasteiger partial charge in [0.1, 0.15) is 0 Å². The van der Waals surface area contributed by atoms with Crippen molar-refractivity contribution in [1.29, 1.82) is 0 Å². The molecule has 0 aliphatic heterocycles. The average molecular weight is 460 g/mol. The largest absolute Gasteiger partial charge is 0.478 e. The Balaban J connectivity index is 1.25. The minimum atomic E-state index is -0.956. The number of benzene rings is 3. The van der Waals surface area contributed by atoms with Crippen molar-refractivity contribution in [2.75, 3.05) is 0 Å². The maximum Gasteiger partial charge on any atom is 0.335 e. The first-order chi connectivity index (χ1) is 17.1. The molecule has 0 aliphatic rings. The molecule has 0 fully saturated rings. The average Bonchev–Trinajstić information content (AvgIpc) is 3.55.